The van der Waals surface area contributed by atoms with Gasteiger partial charge in [0, 0.05) is 24.8 Å². The van der Waals surface area contributed by atoms with Crippen molar-refractivity contribution in [1.82, 2.24) is 9.29 Å². The number of aromatic nitrogens is 1. The zero-order valence-electron chi connectivity index (χ0n) is 17.9. The summed E-state index contributed by atoms with van der Waals surface area (Å²) in [5.74, 6) is -1.84. The van der Waals surface area contributed by atoms with Gasteiger partial charge in [0.1, 0.15) is 11.5 Å². The van der Waals surface area contributed by atoms with Crippen LogP contribution in [0.3, 0.4) is 0 Å². The fourth-order valence-electron chi connectivity index (χ4n) is 3.34. The molecule has 1 fully saturated rings. The van der Waals surface area contributed by atoms with Crippen LogP contribution in [-0.4, -0.2) is 55.8 Å². The molecule has 2 N–H and O–H groups in total. The van der Waals surface area contributed by atoms with Gasteiger partial charge in [-0.2, -0.15) is 4.31 Å². The first-order chi connectivity index (χ1) is 16.3. The van der Waals surface area contributed by atoms with E-state index in [0.29, 0.717) is 13.2 Å². The van der Waals surface area contributed by atoms with Crippen LogP contribution in [0, 0.1) is 5.82 Å². The lowest BCUT2D eigenvalue weighted by atomic mass is 10.2. The van der Waals surface area contributed by atoms with Gasteiger partial charge in [-0.05, 0) is 48.5 Å². The number of nitrogens with zero attached hydrogens (tertiary/aromatic N) is 2. The molecule has 1 saturated heterocycles. The van der Waals surface area contributed by atoms with E-state index >= 15 is 0 Å². The number of amides is 2. The summed E-state index contributed by atoms with van der Waals surface area (Å²) in [4.78, 5) is 29.3. The van der Waals surface area contributed by atoms with Crippen LogP contribution in [0.15, 0.2) is 71.8 Å². The molecule has 0 radical (unpaired) electrons. The Balaban J connectivity index is 1.56. The van der Waals surface area contributed by atoms with Crippen LogP contribution in [0.5, 0.6) is 0 Å². The summed E-state index contributed by atoms with van der Waals surface area (Å²) in [7, 11) is -3.80. The Hall–Kier alpha value is -3.67. The summed E-state index contributed by atoms with van der Waals surface area (Å²) in [6.45, 7) is 1.04. The molecule has 2 aromatic carbocycles. The van der Waals surface area contributed by atoms with Crippen LogP contribution >= 0.6 is 0 Å². The summed E-state index contributed by atoms with van der Waals surface area (Å²) in [5.41, 5.74) is 0.365. The molecule has 2 amide bonds. The molecule has 0 unspecified atom stereocenters. The van der Waals surface area contributed by atoms with Gasteiger partial charge < -0.3 is 15.4 Å². The number of carbonyl (C=O) groups excluding carboxylic acids is 2. The van der Waals surface area contributed by atoms with Crippen molar-refractivity contribution in [3.05, 3.63) is 83.9 Å². The number of carbonyl (C=O) groups is 2. The van der Waals surface area contributed by atoms with E-state index in [2.05, 4.69) is 15.6 Å². The lowest BCUT2D eigenvalue weighted by Crippen LogP contribution is -2.40. The van der Waals surface area contributed by atoms with Gasteiger partial charge in [-0.1, -0.05) is 12.1 Å². The normalized spacial score (nSPS) is 14.4. The van der Waals surface area contributed by atoms with Crippen molar-refractivity contribution in [1.29, 1.82) is 0 Å². The largest absolute Gasteiger partial charge is 0.379 e. The molecule has 4 rings (SSSR count). The van der Waals surface area contributed by atoms with Crippen molar-refractivity contribution in [2.24, 2.45) is 0 Å². The Morgan fingerprint density at radius 1 is 0.912 bits per heavy atom. The summed E-state index contributed by atoms with van der Waals surface area (Å²) in [6.07, 6.45) is 1.46. The van der Waals surface area contributed by atoms with Crippen LogP contribution in [-0.2, 0) is 14.8 Å². The van der Waals surface area contributed by atoms with E-state index in [-0.39, 0.29) is 40.6 Å². The fourth-order valence-corrected chi connectivity index (χ4v) is 4.79. The molecular weight excluding hydrogens is 463 g/mol. The lowest BCUT2D eigenvalue weighted by Gasteiger charge is -2.26. The quantitative estimate of drug-likeness (QED) is 0.556. The van der Waals surface area contributed by atoms with Gasteiger partial charge >= 0.3 is 0 Å². The average Bonchev–Trinajstić information content (AvgIpc) is 2.86. The SMILES string of the molecule is O=C(Nc1cc(F)ccc1NC(=O)c1ccccn1)c1cccc(S(=O)(=O)N2CCOCC2)c1. The molecule has 9 nitrogen and oxygen atoms in total. The van der Waals surface area contributed by atoms with Crippen LogP contribution in [0.25, 0.3) is 0 Å². The highest BCUT2D eigenvalue weighted by atomic mass is 32.2. The number of nitrogens with one attached hydrogen (secondary N) is 2. The minimum Gasteiger partial charge on any atom is -0.379 e. The highest BCUT2D eigenvalue weighted by Gasteiger charge is 2.27. The maximum Gasteiger partial charge on any atom is 0.274 e. The highest BCUT2D eigenvalue weighted by molar-refractivity contribution is 7.89. The topological polar surface area (TPSA) is 118 Å². The average molecular weight is 485 g/mol. The Kier molecular flexibility index (Phi) is 6.96. The second-order valence-corrected chi connectivity index (χ2v) is 9.30. The number of anilines is 2. The number of benzene rings is 2. The molecule has 1 aliphatic heterocycles. The molecular formula is C23H21FN4O5S. The van der Waals surface area contributed by atoms with E-state index in [1.165, 1.54) is 46.9 Å². The van der Waals surface area contributed by atoms with Crippen molar-refractivity contribution >= 4 is 33.2 Å². The Bertz CT molecular complexity index is 1310. The maximum absolute atomic E-state index is 13.9. The molecule has 0 aliphatic carbocycles. The van der Waals surface area contributed by atoms with Gasteiger partial charge in [0.15, 0.2) is 0 Å². The monoisotopic (exact) mass is 484 g/mol. The van der Waals surface area contributed by atoms with Gasteiger partial charge in [0.25, 0.3) is 11.8 Å². The fraction of sp³-hybridized carbons (Fsp3) is 0.174. The molecule has 0 bridgehead atoms. The molecule has 34 heavy (non-hydrogen) atoms. The number of halogens is 1. The molecule has 1 aromatic heterocycles. The second-order valence-electron chi connectivity index (χ2n) is 7.36. The number of hydrogen-bond donors (Lipinski definition) is 2. The lowest BCUT2D eigenvalue weighted by molar-refractivity contribution is 0.0730. The van der Waals surface area contributed by atoms with Crippen molar-refractivity contribution in [3.8, 4) is 0 Å². The molecule has 1 aliphatic rings. The molecule has 176 valence electrons. The predicted molar refractivity (Wildman–Crippen MR) is 123 cm³/mol. The zero-order chi connectivity index (χ0) is 24.1. The van der Waals surface area contributed by atoms with Crippen molar-refractivity contribution in [2.75, 3.05) is 36.9 Å². The Labute approximate surface area is 195 Å². The minimum atomic E-state index is -3.80. The van der Waals surface area contributed by atoms with Crippen molar-refractivity contribution < 1.29 is 27.1 Å². The van der Waals surface area contributed by atoms with Gasteiger partial charge in [-0.15, -0.1) is 0 Å². The number of pyridine rings is 1. The van der Waals surface area contributed by atoms with Crippen LogP contribution in [0.2, 0.25) is 0 Å². The van der Waals surface area contributed by atoms with Gasteiger partial charge in [-0.3, -0.25) is 14.6 Å². The van der Waals surface area contributed by atoms with E-state index < -0.39 is 27.7 Å². The van der Waals surface area contributed by atoms with E-state index in [4.69, 9.17) is 4.74 Å². The van der Waals surface area contributed by atoms with Gasteiger partial charge in [-0.25, -0.2) is 12.8 Å². The first-order valence-corrected chi connectivity index (χ1v) is 11.8. The van der Waals surface area contributed by atoms with E-state index in [1.54, 1.807) is 12.1 Å². The molecule has 0 saturated carbocycles. The molecule has 3 aromatic rings. The molecule has 0 atom stereocenters. The minimum absolute atomic E-state index is 0.00993. The van der Waals surface area contributed by atoms with E-state index in [1.807, 2.05) is 0 Å². The number of hydrogen-bond acceptors (Lipinski definition) is 6. The predicted octanol–water partition coefficient (Wildman–Crippen LogP) is 2.75. The third-order valence-corrected chi connectivity index (χ3v) is 6.97. The second kappa shape index (κ2) is 10.1. The first kappa shape index (κ1) is 23.5. The van der Waals surface area contributed by atoms with Gasteiger partial charge in [0.05, 0.1) is 29.5 Å². The van der Waals surface area contributed by atoms with Crippen molar-refractivity contribution in [2.45, 2.75) is 4.90 Å². The van der Waals surface area contributed by atoms with Crippen LogP contribution in [0.1, 0.15) is 20.8 Å². The summed E-state index contributed by atoms with van der Waals surface area (Å²) < 4.78 is 46.2. The number of morpholine rings is 1. The van der Waals surface area contributed by atoms with E-state index in [9.17, 15) is 22.4 Å². The number of rotatable bonds is 6. The first-order valence-electron chi connectivity index (χ1n) is 10.4. The summed E-state index contributed by atoms with van der Waals surface area (Å²) in [5, 5.41) is 5.13. The third-order valence-electron chi connectivity index (χ3n) is 5.08. The zero-order valence-corrected chi connectivity index (χ0v) is 18.7. The third kappa shape index (κ3) is 5.28. The van der Waals surface area contributed by atoms with Crippen LogP contribution < -0.4 is 10.6 Å². The molecule has 0 spiro atoms. The van der Waals surface area contributed by atoms with Crippen molar-refractivity contribution in [3.63, 3.8) is 0 Å². The number of sulfonamides is 1. The molecule has 2 heterocycles. The number of ether oxygens (including phenoxy) is 1. The summed E-state index contributed by atoms with van der Waals surface area (Å²) >= 11 is 0. The summed E-state index contributed by atoms with van der Waals surface area (Å²) in [6, 6.07) is 13.9. The van der Waals surface area contributed by atoms with Gasteiger partial charge in [0.2, 0.25) is 10.0 Å². The maximum atomic E-state index is 13.9. The smallest absolute Gasteiger partial charge is 0.274 e. The van der Waals surface area contributed by atoms with E-state index in [0.717, 1.165) is 12.1 Å². The highest BCUT2D eigenvalue weighted by Crippen LogP contribution is 2.25. The Morgan fingerprint density at radius 2 is 1.68 bits per heavy atom. The molecule has 11 heteroatoms. The standard InChI is InChI=1S/C23H21FN4O5S/c24-17-7-8-19(26-23(30)20-6-1-2-9-25-20)21(15-17)27-22(29)16-4-3-5-18(14-16)34(31,32)28-10-12-33-13-11-28/h1-9,14-15H,10-13H2,(H,26,30)(H,27,29). The van der Waals surface area contributed by atoms with Crippen LogP contribution in [0.4, 0.5) is 15.8 Å². The Morgan fingerprint density at radius 3 is 2.41 bits per heavy atom.